The molecule has 1 atom stereocenters. The number of rotatable bonds is 5. The monoisotopic (exact) mass is 433 g/mol. The van der Waals surface area contributed by atoms with Gasteiger partial charge in [0.25, 0.3) is 5.91 Å². The van der Waals surface area contributed by atoms with Gasteiger partial charge in [-0.2, -0.15) is 10.2 Å². The second-order valence-electron chi connectivity index (χ2n) is 7.88. The lowest BCUT2D eigenvalue weighted by molar-refractivity contribution is 0.0932. The molecule has 1 aliphatic carbocycles. The first-order chi connectivity index (χ1) is 15.6. The summed E-state index contributed by atoms with van der Waals surface area (Å²) in [6, 6.07) is 12.5. The summed E-state index contributed by atoms with van der Waals surface area (Å²) >= 11 is 0. The van der Waals surface area contributed by atoms with Crippen LogP contribution in [0.15, 0.2) is 67.1 Å². The molecule has 4 aromatic rings. The standard InChI is InChI=1S/C24H21F2N5O/c25-18-8-9-23(20(26)13-18)31-22-7-2-6-21(19(22)14-28-31)29-24(32)17-5-1-4-16(12-17)15-30-11-3-10-27-30/h1,3-5,8-14,21H,2,6-7,15H2,(H,29,32)/t21-/m1/s1. The van der Waals surface area contributed by atoms with Gasteiger partial charge in [-0.25, -0.2) is 13.5 Å². The van der Waals surface area contributed by atoms with Crippen molar-refractivity contribution in [2.45, 2.75) is 31.8 Å². The summed E-state index contributed by atoms with van der Waals surface area (Å²) in [6.45, 7) is 0.581. The summed E-state index contributed by atoms with van der Waals surface area (Å²) in [7, 11) is 0. The molecule has 1 N–H and O–H groups in total. The van der Waals surface area contributed by atoms with E-state index in [1.807, 2.05) is 30.5 Å². The zero-order valence-corrected chi connectivity index (χ0v) is 17.2. The third-order valence-corrected chi connectivity index (χ3v) is 5.72. The molecular formula is C24H21F2N5O. The minimum Gasteiger partial charge on any atom is -0.345 e. The molecule has 0 bridgehead atoms. The SMILES string of the molecule is O=C(N[C@@H]1CCCc2c1cnn2-c1ccc(F)cc1F)c1cccc(Cn2cccn2)c1. The molecule has 0 saturated heterocycles. The fourth-order valence-corrected chi connectivity index (χ4v) is 4.20. The number of aromatic nitrogens is 4. The van der Waals surface area contributed by atoms with Crippen LogP contribution in [0, 0.1) is 11.6 Å². The Morgan fingerprint density at radius 2 is 2.03 bits per heavy atom. The molecule has 5 rings (SSSR count). The first kappa shape index (κ1) is 20.1. The first-order valence-electron chi connectivity index (χ1n) is 10.5. The van der Waals surface area contributed by atoms with Gasteiger partial charge in [0.05, 0.1) is 18.8 Å². The molecule has 2 heterocycles. The number of fused-ring (bicyclic) bond motifs is 1. The lowest BCUT2D eigenvalue weighted by Crippen LogP contribution is -2.31. The summed E-state index contributed by atoms with van der Waals surface area (Å²) in [6.07, 6.45) is 7.55. The van der Waals surface area contributed by atoms with E-state index < -0.39 is 11.6 Å². The summed E-state index contributed by atoms with van der Waals surface area (Å²) in [5.74, 6) is -1.48. The Balaban J connectivity index is 1.36. The van der Waals surface area contributed by atoms with Crippen LogP contribution in [0.3, 0.4) is 0 Å². The van der Waals surface area contributed by atoms with Crippen molar-refractivity contribution < 1.29 is 13.6 Å². The highest BCUT2D eigenvalue weighted by molar-refractivity contribution is 5.94. The maximum Gasteiger partial charge on any atom is 0.251 e. The van der Waals surface area contributed by atoms with Crippen LogP contribution < -0.4 is 5.32 Å². The van der Waals surface area contributed by atoms with Gasteiger partial charge in [0.2, 0.25) is 0 Å². The predicted molar refractivity (Wildman–Crippen MR) is 114 cm³/mol. The molecule has 0 fully saturated rings. The van der Waals surface area contributed by atoms with Crippen molar-refractivity contribution in [1.82, 2.24) is 24.9 Å². The number of benzene rings is 2. The van der Waals surface area contributed by atoms with Crippen molar-refractivity contribution in [2.75, 3.05) is 0 Å². The minimum absolute atomic E-state index is 0.175. The Bertz CT molecular complexity index is 1270. The molecule has 162 valence electrons. The smallest absolute Gasteiger partial charge is 0.251 e. The van der Waals surface area contributed by atoms with E-state index in [-0.39, 0.29) is 17.6 Å². The largest absolute Gasteiger partial charge is 0.345 e. The highest BCUT2D eigenvalue weighted by Gasteiger charge is 2.27. The number of hydrogen-bond donors (Lipinski definition) is 1. The van der Waals surface area contributed by atoms with Crippen molar-refractivity contribution in [3.05, 3.63) is 101 Å². The van der Waals surface area contributed by atoms with E-state index in [0.717, 1.165) is 35.7 Å². The number of nitrogens with zero attached hydrogens (tertiary/aromatic N) is 4. The highest BCUT2D eigenvalue weighted by Crippen LogP contribution is 2.32. The van der Waals surface area contributed by atoms with Gasteiger partial charge in [0.1, 0.15) is 11.5 Å². The molecule has 2 aromatic carbocycles. The van der Waals surface area contributed by atoms with Gasteiger partial charge in [0, 0.05) is 35.3 Å². The quantitative estimate of drug-likeness (QED) is 0.513. The van der Waals surface area contributed by atoms with Crippen LogP contribution in [0.25, 0.3) is 5.69 Å². The molecule has 0 radical (unpaired) electrons. The molecule has 0 aliphatic heterocycles. The molecule has 32 heavy (non-hydrogen) atoms. The third-order valence-electron chi connectivity index (χ3n) is 5.72. The average Bonchev–Trinajstić information content (AvgIpc) is 3.45. The van der Waals surface area contributed by atoms with Crippen LogP contribution in [-0.2, 0) is 13.0 Å². The minimum atomic E-state index is -0.670. The summed E-state index contributed by atoms with van der Waals surface area (Å²) in [5, 5.41) is 11.6. The Morgan fingerprint density at radius 1 is 1.12 bits per heavy atom. The van der Waals surface area contributed by atoms with Crippen LogP contribution in [0.4, 0.5) is 8.78 Å². The molecule has 8 heteroatoms. The van der Waals surface area contributed by atoms with E-state index in [0.29, 0.717) is 18.5 Å². The van der Waals surface area contributed by atoms with Crippen LogP contribution in [0.2, 0.25) is 0 Å². The average molecular weight is 433 g/mol. The fraction of sp³-hybridized carbons (Fsp3) is 0.208. The zero-order chi connectivity index (χ0) is 22.1. The lowest BCUT2D eigenvalue weighted by Gasteiger charge is -2.24. The van der Waals surface area contributed by atoms with Crippen molar-refractivity contribution in [2.24, 2.45) is 0 Å². The highest BCUT2D eigenvalue weighted by atomic mass is 19.1. The molecule has 2 aromatic heterocycles. The predicted octanol–water partition coefficient (Wildman–Crippen LogP) is 4.20. The number of halogens is 2. The van der Waals surface area contributed by atoms with Gasteiger partial charge >= 0.3 is 0 Å². The molecule has 0 unspecified atom stereocenters. The van der Waals surface area contributed by atoms with Gasteiger partial charge in [0.15, 0.2) is 5.82 Å². The molecule has 1 amide bonds. The van der Waals surface area contributed by atoms with Crippen molar-refractivity contribution in [3.8, 4) is 5.69 Å². The maximum atomic E-state index is 14.3. The number of amides is 1. The van der Waals surface area contributed by atoms with E-state index >= 15 is 0 Å². The van der Waals surface area contributed by atoms with E-state index in [2.05, 4.69) is 15.5 Å². The van der Waals surface area contributed by atoms with Crippen LogP contribution in [0.1, 0.15) is 46.1 Å². The second kappa shape index (κ2) is 8.37. The molecular weight excluding hydrogens is 412 g/mol. The Morgan fingerprint density at radius 3 is 2.84 bits per heavy atom. The van der Waals surface area contributed by atoms with E-state index in [1.165, 1.54) is 16.8 Å². The number of carbonyl (C=O) groups excluding carboxylic acids is 1. The molecule has 0 spiro atoms. The number of hydrogen-bond acceptors (Lipinski definition) is 3. The van der Waals surface area contributed by atoms with Crippen LogP contribution in [-0.4, -0.2) is 25.5 Å². The van der Waals surface area contributed by atoms with E-state index in [9.17, 15) is 13.6 Å². The van der Waals surface area contributed by atoms with Crippen LogP contribution in [0.5, 0.6) is 0 Å². The summed E-state index contributed by atoms with van der Waals surface area (Å²) in [4.78, 5) is 13.0. The molecule has 0 saturated carbocycles. The first-order valence-corrected chi connectivity index (χ1v) is 10.5. The van der Waals surface area contributed by atoms with Crippen LogP contribution >= 0.6 is 0 Å². The lowest BCUT2D eigenvalue weighted by atomic mass is 9.92. The van der Waals surface area contributed by atoms with Crippen molar-refractivity contribution >= 4 is 5.91 Å². The van der Waals surface area contributed by atoms with Crippen molar-refractivity contribution in [3.63, 3.8) is 0 Å². The molecule has 6 nitrogen and oxygen atoms in total. The van der Waals surface area contributed by atoms with E-state index in [4.69, 9.17) is 0 Å². The zero-order valence-electron chi connectivity index (χ0n) is 17.2. The van der Waals surface area contributed by atoms with Gasteiger partial charge in [-0.1, -0.05) is 12.1 Å². The van der Waals surface area contributed by atoms with E-state index in [1.54, 1.807) is 23.1 Å². The van der Waals surface area contributed by atoms with Gasteiger partial charge < -0.3 is 5.32 Å². The third kappa shape index (κ3) is 3.91. The van der Waals surface area contributed by atoms with Gasteiger partial charge in [-0.05, 0) is 55.2 Å². The fourth-order valence-electron chi connectivity index (χ4n) is 4.20. The second-order valence-corrected chi connectivity index (χ2v) is 7.88. The summed E-state index contributed by atoms with van der Waals surface area (Å²) in [5.41, 5.74) is 3.44. The molecule has 1 aliphatic rings. The summed E-state index contributed by atoms with van der Waals surface area (Å²) < 4.78 is 30.9. The van der Waals surface area contributed by atoms with Crippen molar-refractivity contribution in [1.29, 1.82) is 0 Å². The number of nitrogens with one attached hydrogen (secondary N) is 1. The Kier molecular flexibility index (Phi) is 5.26. The maximum absolute atomic E-state index is 14.3. The van der Waals surface area contributed by atoms with Gasteiger partial charge in [-0.3, -0.25) is 9.48 Å². The Hall–Kier alpha value is -3.81. The normalized spacial score (nSPS) is 15.4. The number of carbonyl (C=O) groups is 1. The topological polar surface area (TPSA) is 64.7 Å². The Labute approximate surface area is 183 Å². The van der Waals surface area contributed by atoms with Gasteiger partial charge in [-0.15, -0.1) is 0 Å².